The van der Waals surface area contributed by atoms with E-state index in [2.05, 4.69) is 41.3 Å². The summed E-state index contributed by atoms with van der Waals surface area (Å²) in [5, 5.41) is 0.794. The molecule has 0 atom stereocenters. The summed E-state index contributed by atoms with van der Waals surface area (Å²) in [6.07, 6.45) is 8.51. The molecule has 1 heterocycles. The smallest absolute Gasteiger partial charge is 0.122 e. The second-order valence-corrected chi connectivity index (χ2v) is 7.63. The molecule has 2 aromatic rings. The van der Waals surface area contributed by atoms with E-state index in [0.717, 1.165) is 36.6 Å². The predicted molar refractivity (Wildman–Crippen MR) is 110 cm³/mol. The molecule has 0 radical (unpaired) electrons. The first-order chi connectivity index (χ1) is 12.8. The Hall–Kier alpha value is -1.51. The number of hydrogen-bond donors (Lipinski definition) is 0. The summed E-state index contributed by atoms with van der Waals surface area (Å²) in [6, 6.07) is 16.6. The topological polar surface area (TPSA) is 12.5 Å². The molecule has 0 aromatic heterocycles. The van der Waals surface area contributed by atoms with Crippen LogP contribution < -0.4 is 4.74 Å². The highest BCUT2D eigenvalue weighted by atomic mass is 35.5. The number of ether oxygens (including phenoxy) is 1. The fraction of sp³-hybridized carbons (Fsp3) is 0.478. The average molecular weight is 372 g/mol. The van der Waals surface area contributed by atoms with Crippen molar-refractivity contribution in [2.75, 3.05) is 26.2 Å². The Kier molecular flexibility index (Phi) is 7.85. The van der Waals surface area contributed by atoms with Crippen molar-refractivity contribution in [1.29, 1.82) is 0 Å². The van der Waals surface area contributed by atoms with Gasteiger partial charge in [0.1, 0.15) is 5.75 Å². The number of likely N-dealkylation sites (tertiary alicyclic amines) is 1. The Balaban J connectivity index is 1.41. The third-order valence-corrected chi connectivity index (χ3v) is 5.40. The van der Waals surface area contributed by atoms with Gasteiger partial charge in [-0.3, -0.25) is 0 Å². The molecular weight excluding hydrogens is 342 g/mol. The summed E-state index contributed by atoms with van der Waals surface area (Å²) in [6.45, 7) is 4.61. The van der Waals surface area contributed by atoms with Crippen molar-refractivity contribution in [3.63, 3.8) is 0 Å². The number of rotatable bonds is 9. The maximum absolute atomic E-state index is 6.09. The van der Waals surface area contributed by atoms with Crippen LogP contribution in [0.1, 0.15) is 43.2 Å². The fourth-order valence-corrected chi connectivity index (χ4v) is 3.71. The predicted octanol–water partition coefficient (Wildman–Crippen LogP) is 5.77. The van der Waals surface area contributed by atoms with E-state index in [4.69, 9.17) is 16.3 Å². The van der Waals surface area contributed by atoms with Crippen LogP contribution in [0.15, 0.2) is 48.5 Å². The number of unbranched alkanes of at least 4 members (excludes halogenated alkanes) is 1. The van der Waals surface area contributed by atoms with Gasteiger partial charge in [0.05, 0.1) is 6.61 Å². The largest absolute Gasteiger partial charge is 0.493 e. The lowest BCUT2D eigenvalue weighted by atomic mass is 10.0. The normalized spacial score (nSPS) is 15.1. The molecule has 3 rings (SSSR count). The molecule has 3 heteroatoms. The maximum atomic E-state index is 6.09. The molecule has 0 amide bonds. The first kappa shape index (κ1) is 19.3. The number of para-hydroxylation sites is 1. The molecule has 140 valence electrons. The monoisotopic (exact) mass is 371 g/mol. The van der Waals surface area contributed by atoms with Crippen molar-refractivity contribution in [1.82, 2.24) is 4.90 Å². The molecular formula is C23H30ClNO. The van der Waals surface area contributed by atoms with Crippen molar-refractivity contribution < 1.29 is 4.74 Å². The van der Waals surface area contributed by atoms with Gasteiger partial charge in [0, 0.05) is 5.02 Å². The minimum absolute atomic E-state index is 0.794. The zero-order chi connectivity index (χ0) is 18.0. The number of aryl methyl sites for hydroxylation is 2. The molecule has 1 fully saturated rings. The summed E-state index contributed by atoms with van der Waals surface area (Å²) in [4.78, 5) is 2.60. The lowest BCUT2D eigenvalue weighted by Crippen LogP contribution is -2.30. The Morgan fingerprint density at radius 3 is 2.42 bits per heavy atom. The number of nitrogens with zero attached hydrogens (tertiary/aromatic N) is 1. The van der Waals surface area contributed by atoms with Crippen LogP contribution in [-0.4, -0.2) is 31.1 Å². The Morgan fingerprint density at radius 1 is 0.846 bits per heavy atom. The van der Waals surface area contributed by atoms with Gasteiger partial charge in [-0.15, -0.1) is 0 Å². The van der Waals surface area contributed by atoms with Gasteiger partial charge in [-0.2, -0.15) is 0 Å². The fourth-order valence-electron chi connectivity index (χ4n) is 3.58. The van der Waals surface area contributed by atoms with Crippen LogP contribution in [-0.2, 0) is 12.8 Å². The molecule has 1 aliphatic heterocycles. The highest BCUT2D eigenvalue weighted by Crippen LogP contribution is 2.21. The molecule has 2 aromatic carbocycles. The second kappa shape index (κ2) is 10.6. The van der Waals surface area contributed by atoms with Crippen molar-refractivity contribution in [2.45, 2.75) is 44.9 Å². The minimum atomic E-state index is 0.794. The summed E-state index contributed by atoms with van der Waals surface area (Å²) in [5.74, 6) is 1.04. The number of piperidine rings is 1. The van der Waals surface area contributed by atoms with Gasteiger partial charge < -0.3 is 9.64 Å². The number of halogens is 1. The number of benzene rings is 2. The van der Waals surface area contributed by atoms with Gasteiger partial charge in [-0.25, -0.2) is 0 Å². The highest BCUT2D eigenvalue weighted by molar-refractivity contribution is 6.30. The second-order valence-electron chi connectivity index (χ2n) is 7.19. The van der Waals surface area contributed by atoms with Crippen LogP contribution in [0.25, 0.3) is 0 Å². The molecule has 2 nitrogen and oxygen atoms in total. The molecule has 0 unspecified atom stereocenters. The van der Waals surface area contributed by atoms with Gasteiger partial charge >= 0.3 is 0 Å². The molecule has 0 saturated carbocycles. The zero-order valence-electron chi connectivity index (χ0n) is 15.6. The summed E-state index contributed by atoms with van der Waals surface area (Å²) < 4.78 is 6.09. The third-order valence-electron chi connectivity index (χ3n) is 5.14. The number of hydrogen-bond acceptors (Lipinski definition) is 2. The zero-order valence-corrected chi connectivity index (χ0v) is 16.4. The lowest BCUT2D eigenvalue weighted by Gasteiger charge is -2.26. The molecule has 0 bridgehead atoms. The molecule has 26 heavy (non-hydrogen) atoms. The molecule has 1 saturated heterocycles. The highest BCUT2D eigenvalue weighted by Gasteiger charge is 2.09. The maximum Gasteiger partial charge on any atom is 0.122 e. The van der Waals surface area contributed by atoms with Gasteiger partial charge in [0.2, 0.25) is 0 Å². The van der Waals surface area contributed by atoms with Crippen molar-refractivity contribution >= 4 is 11.6 Å². The molecule has 1 aliphatic rings. The van der Waals surface area contributed by atoms with Crippen molar-refractivity contribution in [2.24, 2.45) is 0 Å². The quantitative estimate of drug-likeness (QED) is 0.519. The third kappa shape index (κ3) is 6.34. The van der Waals surface area contributed by atoms with E-state index in [1.54, 1.807) is 0 Å². The lowest BCUT2D eigenvalue weighted by molar-refractivity contribution is 0.215. The van der Waals surface area contributed by atoms with Gasteiger partial charge in [0.15, 0.2) is 0 Å². The summed E-state index contributed by atoms with van der Waals surface area (Å²) in [7, 11) is 0. The van der Waals surface area contributed by atoms with E-state index in [1.807, 2.05) is 12.1 Å². The van der Waals surface area contributed by atoms with E-state index in [9.17, 15) is 0 Å². The first-order valence-corrected chi connectivity index (χ1v) is 10.4. The standard InChI is InChI=1S/C23H30ClNO/c24-22-14-11-20(12-15-22)10-13-21-8-2-3-9-23(21)26-19-7-6-18-25-16-4-1-5-17-25/h2-3,8-9,11-12,14-15H,1,4-7,10,13,16-19H2. The van der Waals surface area contributed by atoms with Crippen LogP contribution in [0.2, 0.25) is 5.02 Å². The SMILES string of the molecule is Clc1ccc(CCc2ccccc2OCCCCN2CCCCC2)cc1. The van der Waals surface area contributed by atoms with Crippen molar-refractivity contribution in [3.8, 4) is 5.75 Å². The van der Waals surface area contributed by atoms with Crippen LogP contribution in [0.3, 0.4) is 0 Å². The van der Waals surface area contributed by atoms with Crippen molar-refractivity contribution in [3.05, 3.63) is 64.7 Å². The van der Waals surface area contributed by atoms with E-state index in [0.29, 0.717) is 0 Å². The van der Waals surface area contributed by atoms with Crippen LogP contribution in [0, 0.1) is 0 Å². The Morgan fingerprint density at radius 2 is 1.62 bits per heavy atom. The van der Waals surface area contributed by atoms with E-state index in [1.165, 1.54) is 56.4 Å². The first-order valence-electron chi connectivity index (χ1n) is 9.99. The molecule has 0 spiro atoms. The van der Waals surface area contributed by atoms with Crippen LogP contribution >= 0.6 is 11.6 Å². The van der Waals surface area contributed by atoms with E-state index < -0.39 is 0 Å². The van der Waals surface area contributed by atoms with Gasteiger partial charge in [-0.1, -0.05) is 48.4 Å². The minimum Gasteiger partial charge on any atom is -0.493 e. The Bertz CT molecular complexity index is 650. The van der Waals surface area contributed by atoms with Gasteiger partial charge in [0.25, 0.3) is 0 Å². The van der Waals surface area contributed by atoms with E-state index in [-0.39, 0.29) is 0 Å². The Labute approximate surface area is 163 Å². The van der Waals surface area contributed by atoms with Crippen LogP contribution in [0.4, 0.5) is 0 Å². The summed E-state index contributed by atoms with van der Waals surface area (Å²) in [5.41, 5.74) is 2.60. The van der Waals surface area contributed by atoms with E-state index >= 15 is 0 Å². The molecule has 0 aliphatic carbocycles. The van der Waals surface area contributed by atoms with Gasteiger partial charge in [-0.05, 0) is 87.5 Å². The summed E-state index contributed by atoms with van der Waals surface area (Å²) >= 11 is 5.96. The average Bonchev–Trinajstić information content (AvgIpc) is 2.69. The molecule has 0 N–H and O–H groups in total. The van der Waals surface area contributed by atoms with Crippen LogP contribution in [0.5, 0.6) is 5.75 Å².